The fourth-order valence-corrected chi connectivity index (χ4v) is 4.17. The Morgan fingerprint density at radius 1 is 0.943 bits per heavy atom. The molecule has 0 fully saturated rings. The Bertz CT molecular complexity index is 1080. The summed E-state index contributed by atoms with van der Waals surface area (Å²) < 4.78 is 21.5. The average Bonchev–Trinajstić information content (AvgIpc) is 3.02. The second-order valence-corrected chi connectivity index (χ2v) is 8.65. The number of nitrogens with zero attached hydrogens (tertiary/aromatic N) is 2. The van der Waals surface area contributed by atoms with Crippen molar-refractivity contribution < 1.29 is 23.7 Å². The van der Waals surface area contributed by atoms with Crippen molar-refractivity contribution in [2.24, 2.45) is 0 Å². The first kappa shape index (κ1) is 26.2. The van der Waals surface area contributed by atoms with Crippen LogP contribution in [-0.4, -0.2) is 70.8 Å². The number of hydrogen-bond acceptors (Lipinski definition) is 6. The molecule has 2 aromatic carbocycles. The zero-order valence-corrected chi connectivity index (χ0v) is 21.5. The second-order valence-electron chi connectivity index (χ2n) is 8.65. The summed E-state index contributed by atoms with van der Waals surface area (Å²) in [5, 5.41) is 0. The van der Waals surface area contributed by atoms with Crippen LogP contribution in [0.15, 0.2) is 48.7 Å². The second kappa shape index (κ2) is 12.3. The lowest BCUT2D eigenvalue weighted by Crippen LogP contribution is -2.27. The third-order valence-corrected chi connectivity index (χ3v) is 6.19. The molecule has 1 aliphatic rings. The molecule has 3 rings (SSSR count). The number of benzene rings is 2. The van der Waals surface area contributed by atoms with Crippen LogP contribution in [0.3, 0.4) is 0 Å². The van der Waals surface area contributed by atoms with Crippen molar-refractivity contribution >= 4 is 12.0 Å². The van der Waals surface area contributed by atoms with Crippen molar-refractivity contribution in [1.29, 1.82) is 0 Å². The van der Waals surface area contributed by atoms with Gasteiger partial charge in [0.25, 0.3) is 0 Å². The number of amides is 1. The molecule has 2 aromatic rings. The SMILES string of the molecule is COc1ccc([C@H](C)CN(C)C/C=C/CN2C=Cc3cc(OC)c(OC)cc3CC2=O)cc1OC. The predicted octanol–water partition coefficient (Wildman–Crippen LogP) is 4.37. The maximum absolute atomic E-state index is 12.8. The van der Waals surface area contributed by atoms with E-state index in [1.165, 1.54) is 5.56 Å². The van der Waals surface area contributed by atoms with E-state index in [0.717, 1.165) is 35.7 Å². The van der Waals surface area contributed by atoms with Crippen molar-refractivity contribution in [2.75, 3.05) is 55.1 Å². The molecular formula is C28H36N2O5. The first-order chi connectivity index (χ1) is 16.9. The summed E-state index contributed by atoms with van der Waals surface area (Å²) in [5.41, 5.74) is 3.09. The highest BCUT2D eigenvalue weighted by Crippen LogP contribution is 2.33. The summed E-state index contributed by atoms with van der Waals surface area (Å²) >= 11 is 0. The van der Waals surface area contributed by atoms with Crippen LogP contribution < -0.4 is 18.9 Å². The van der Waals surface area contributed by atoms with Gasteiger partial charge < -0.3 is 28.7 Å². The van der Waals surface area contributed by atoms with E-state index in [0.29, 0.717) is 30.4 Å². The minimum atomic E-state index is 0.0484. The van der Waals surface area contributed by atoms with Gasteiger partial charge in [-0.3, -0.25) is 4.79 Å². The van der Waals surface area contributed by atoms with E-state index in [-0.39, 0.29) is 5.91 Å². The lowest BCUT2D eigenvalue weighted by Gasteiger charge is -2.21. The van der Waals surface area contributed by atoms with Gasteiger partial charge in [0.05, 0.1) is 34.9 Å². The normalized spacial score (nSPS) is 14.1. The van der Waals surface area contributed by atoms with E-state index < -0.39 is 0 Å². The van der Waals surface area contributed by atoms with Gasteiger partial charge in [-0.05, 0) is 60.0 Å². The Balaban J connectivity index is 1.54. The van der Waals surface area contributed by atoms with Gasteiger partial charge in [0, 0.05) is 25.8 Å². The molecule has 0 aromatic heterocycles. The third-order valence-electron chi connectivity index (χ3n) is 6.19. The largest absolute Gasteiger partial charge is 0.493 e. The molecular weight excluding hydrogens is 444 g/mol. The summed E-state index contributed by atoms with van der Waals surface area (Å²) in [6, 6.07) is 9.85. The topological polar surface area (TPSA) is 60.5 Å². The van der Waals surface area contributed by atoms with Gasteiger partial charge in [-0.25, -0.2) is 0 Å². The molecule has 0 saturated carbocycles. The van der Waals surface area contributed by atoms with Gasteiger partial charge in [-0.15, -0.1) is 0 Å². The molecule has 0 aliphatic carbocycles. The molecule has 0 radical (unpaired) electrons. The van der Waals surface area contributed by atoms with E-state index in [9.17, 15) is 4.79 Å². The molecule has 1 heterocycles. The van der Waals surface area contributed by atoms with Crippen molar-refractivity contribution in [2.45, 2.75) is 19.3 Å². The first-order valence-electron chi connectivity index (χ1n) is 11.7. The minimum Gasteiger partial charge on any atom is -0.493 e. The van der Waals surface area contributed by atoms with E-state index in [2.05, 4.69) is 31.0 Å². The average molecular weight is 481 g/mol. The number of methoxy groups -OCH3 is 4. The highest BCUT2D eigenvalue weighted by Gasteiger charge is 2.19. The predicted molar refractivity (Wildman–Crippen MR) is 139 cm³/mol. The quantitative estimate of drug-likeness (QED) is 0.445. The van der Waals surface area contributed by atoms with Crippen molar-refractivity contribution in [3.63, 3.8) is 0 Å². The van der Waals surface area contributed by atoms with Crippen LogP contribution in [-0.2, 0) is 11.2 Å². The van der Waals surface area contributed by atoms with E-state index in [4.69, 9.17) is 18.9 Å². The molecule has 1 aliphatic heterocycles. The zero-order chi connectivity index (χ0) is 25.4. The van der Waals surface area contributed by atoms with Crippen molar-refractivity contribution in [3.8, 4) is 23.0 Å². The smallest absolute Gasteiger partial charge is 0.231 e. The molecule has 1 atom stereocenters. The lowest BCUT2D eigenvalue weighted by atomic mass is 10.00. The summed E-state index contributed by atoms with van der Waals surface area (Å²) in [6.07, 6.45) is 8.25. The standard InChI is InChI=1S/C28H36N2O5/c1-20(21-9-10-24(32-3)25(15-21)33-4)19-29(2)12-7-8-13-30-14-11-22-16-26(34-5)27(35-6)17-23(22)18-28(30)31/h7-11,14-17,20H,12-13,18-19H2,1-6H3/b8-7+/t20-/m1/s1. The molecule has 188 valence electrons. The van der Waals surface area contributed by atoms with Gasteiger partial charge in [0.2, 0.25) is 5.91 Å². The van der Waals surface area contributed by atoms with Crippen molar-refractivity contribution in [3.05, 3.63) is 65.4 Å². The fraction of sp³-hybridized carbons (Fsp3) is 0.393. The minimum absolute atomic E-state index is 0.0484. The van der Waals surface area contributed by atoms with Crippen LogP contribution >= 0.6 is 0 Å². The highest BCUT2D eigenvalue weighted by atomic mass is 16.5. The monoisotopic (exact) mass is 480 g/mol. The number of hydrogen-bond donors (Lipinski definition) is 0. The molecule has 1 amide bonds. The number of carbonyl (C=O) groups excluding carboxylic acids is 1. The fourth-order valence-electron chi connectivity index (χ4n) is 4.17. The van der Waals surface area contributed by atoms with Crippen LogP contribution in [0.2, 0.25) is 0 Å². The van der Waals surface area contributed by atoms with Gasteiger partial charge in [0.15, 0.2) is 23.0 Å². The van der Waals surface area contributed by atoms with Gasteiger partial charge in [-0.1, -0.05) is 25.1 Å². The first-order valence-corrected chi connectivity index (χ1v) is 11.7. The molecule has 7 heteroatoms. The van der Waals surface area contributed by atoms with E-state index in [1.807, 2.05) is 42.6 Å². The van der Waals surface area contributed by atoms with Crippen LogP contribution in [0.4, 0.5) is 0 Å². The zero-order valence-electron chi connectivity index (χ0n) is 21.5. The van der Waals surface area contributed by atoms with Gasteiger partial charge in [0.1, 0.15) is 0 Å². The summed E-state index contributed by atoms with van der Waals surface area (Å²) in [6.45, 7) is 4.40. The Kier molecular flexibility index (Phi) is 9.20. The number of rotatable bonds is 11. The number of ether oxygens (including phenoxy) is 4. The maximum Gasteiger partial charge on any atom is 0.231 e. The Morgan fingerprint density at radius 2 is 1.60 bits per heavy atom. The summed E-state index contributed by atoms with van der Waals surface area (Å²) in [4.78, 5) is 16.8. The molecule has 0 bridgehead atoms. The molecule has 35 heavy (non-hydrogen) atoms. The summed E-state index contributed by atoms with van der Waals surface area (Å²) in [5.74, 6) is 3.14. The summed E-state index contributed by atoms with van der Waals surface area (Å²) in [7, 11) is 8.60. The maximum atomic E-state index is 12.8. The van der Waals surface area contributed by atoms with Crippen molar-refractivity contribution in [1.82, 2.24) is 9.80 Å². The van der Waals surface area contributed by atoms with Crippen LogP contribution in [0, 0.1) is 0 Å². The number of likely N-dealkylation sites (N-methyl/N-ethyl adjacent to an activating group) is 1. The van der Waals surface area contributed by atoms with Gasteiger partial charge in [-0.2, -0.15) is 0 Å². The van der Waals surface area contributed by atoms with E-state index >= 15 is 0 Å². The molecule has 0 N–H and O–H groups in total. The van der Waals surface area contributed by atoms with Crippen LogP contribution in [0.5, 0.6) is 23.0 Å². The molecule has 0 spiro atoms. The molecule has 0 saturated heterocycles. The van der Waals surface area contributed by atoms with Crippen LogP contribution in [0.25, 0.3) is 6.08 Å². The Labute approximate surface area is 208 Å². The number of fused-ring (bicyclic) bond motifs is 1. The third kappa shape index (κ3) is 6.57. The molecule has 0 unspecified atom stereocenters. The Hall–Kier alpha value is -3.45. The van der Waals surface area contributed by atoms with Crippen LogP contribution in [0.1, 0.15) is 29.5 Å². The lowest BCUT2D eigenvalue weighted by molar-refractivity contribution is -0.127. The Morgan fingerprint density at radius 3 is 2.29 bits per heavy atom. The van der Waals surface area contributed by atoms with Gasteiger partial charge >= 0.3 is 0 Å². The number of carbonyl (C=O) groups is 1. The highest BCUT2D eigenvalue weighted by molar-refractivity contribution is 5.84. The molecule has 7 nitrogen and oxygen atoms in total. The van der Waals surface area contributed by atoms with E-state index in [1.54, 1.807) is 33.3 Å².